The number of hydrogen-bond acceptors (Lipinski definition) is 6. The highest BCUT2D eigenvalue weighted by atomic mass is 32.2. The first-order chi connectivity index (χ1) is 13.7. The van der Waals surface area contributed by atoms with Crippen molar-refractivity contribution in [1.29, 1.82) is 0 Å². The van der Waals surface area contributed by atoms with E-state index in [1.807, 2.05) is 0 Å². The molecule has 0 spiro atoms. The first-order valence-corrected chi connectivity index (χ1v) is 10.9. The molecule has 2 aromatic rings. The molecule has 1 aliphatic rings. The van der Waals surface area contributed by atoms with Crippen LogP contribution in [-0.4, -0.2) is 61.5 Å². The third-order valence-corrected chi connectivity index (χ3v) is 7.16. The van der Waals surface area contributed by atoms with Crippen LogP contribution in [0.3, 0.4) is 0 Å². The van der Waals surface area contributed by atoms with Gasteiger partial charge in [0.05, 0.1) is 15.7 Å². The summed E-state index contributed by atoms with van der Waals surface area (Å²) in [6.45, 7) is 5.61. The second-order valence-electron chi connectivity index (χ2n) is 7.16. The fourth-order valence-electron chi connectivity index (χ4n) is 3.11. The number of amides is 2. The molecule has 0 unspecified atom stereocenters. The van der Waals surface area contributed by atoms with E-state index >= 15 is 0 Å². The standard InChI is InChI=1S/C20H24N4O4S/c1-14(2)29(27,28)17-6-4-16(5-7-17)23-9-11-24(12-10-23)20(26)18-8-3-15(13-22-18)19(21)25/h3-8,13-14H,9-12H2,1-2H3,(H2,21,25). The summed E-state index contributed by atoms with van der Waals surface area (Å²) in [5.41, 5.74) is 6.64. The minimum atomic E-state index is -3.29. The third kappa shape index (κ3) is 4.40. The van der Waals surface area contributed by atoms with Crippen LogP contribution < -0.4 is 10.6 Å². The summed E-state index contributed by atoms with van der Waals surface area (Å²) < 4.78 is 24.5. The lowest BCUT2D eigenvalue weighted by Crippen LogP contribution is -2.49. The molecule has 0 atom stereocenters. The van der Waals surface area contributed by atoms with E-state index in [0.29, 0.717) is 31.1 Å². The van der Waals surface area contributed by atoms with Crippen molar-refractivity contribution in [3.05, 3.63) is 53.9 Å². The van der Waals surface area contributed by atoms with Gasteiger partial charge in [0.1, 0.15) is 5.69 Å². The maximum Gasteiger partial charge on any atom is 0.272 e. The first kappa shape index (κ1) is 20.8. The van der Waals surface area contributed by atoms with Crippen LogP contribution in [0.2, 0.25) is 0 Å². The van der Waals surface area contributed by atoms with Crippen molar-refractivity contribution >= 4 is 27.3 Å². The molecule has 0 bridgehead atoms. The van der Waals surface area contributed by atoms with E-state index < -0.39 is 21.0 Å². The molecule has 154 valence electrons. The molecule has 2 heterocycles. The van der Waals surface area contributed by atoms with Gasteiger partial charge in [-0.15, -0.1) is 0 Å². The van der Waals surface area contributed by atoms with E-state index in [1.165, 1.54) is 18.3 Å². The number of carbonyl (C=O) groups is 2. The largest absolute Gasteiger partial charge is 0.368 e. The van der Waals surface area contributed by atoms with Gasteiger partial charge in [-0.3, -0.25) is 14.6 Å². The van der Waals surface area contributed by atoms with Crippen LogP contribution >= 0.6 is 0 Å². The summed E-state index contributed by atoms with van der Waals surface area (Å²) in [4.78, 5) is 31.9. The van der Waals surface area contributed by atoms with Crippen LogP contribution in [0.1, 0.15) is 34.7 Å². The van der Waals surface area contributed by atoms with E-state index in [2.05, 4.69) is 9.88 Å². The van der Waals surface area contributed by atoms with Crippen LogP contribution in [0.15, 0.2) is 47.5 Å². The number of aromatic nitrogens is 1. The molecule has 1 aromatic heterocycles. The molecule has 1 saturated heterocycles. The smallest absolute Gasteiger partial charge is 0.272 e. The minimum Gasteiger partial charge on any atom is -0.368 e. The van der Waals surface area contributed by atoms with Gasteiger partial charge in [-0.25, -0.2) is 8.42 Å². The zero-order valence-electron chi connectivity index (χ0n) is 16.4. The Bertz CT molecular complexity index is 994. The fraction of sp³-hybridized carbons (Fsp3) is 0.350. The highest BCUT2D eigenvalue weighted by Gasteiger charge is 2.24. The number of primary amides is 1. The van der Waals surface area contributed by atoms with E-state index in [4.69, 9.17) is 5.73 Å². The molecule has 29 heavy (non-hydrogen) atoms. The average molecular weight is 417 g/mol. The SMILES string of the molecule is CC(C)S(=O)(=O)c1ccc(N2CCN(C(=O)c3ccc(C(N)=O)cn3)CC2)cc1. The predicted molar refractivity (Wildman–Crippen MR) is 110 cm³/mol. The Hall–Kier alpha value is -2.94. The third-order valence-electron chi connectivity index (χ3n) is 4.99. The van der Waals surface area contributed by atoms with Gasteiger partial charge in [-0.2, -0.15) is 0 Å². The minimum absolute atomic E-state index is 0.195. The molecule has 8 nitrogen and oxygen atoms in total. The summed E-state index contributed by atoms with van der Waals surface area (Å²) in [5, 5.41) is -0.464. The molecule has 0 radical (unpaired) electrons. The lowest BCUT2D eigenvalue weighted by molar-refractivity contribution is 0.0740. The van der Waals surface area contributed by atoms with E-state index in [1.54, 1.807) is 43.0 Å². The van der Waals surface area contributed by atoms with Gasteiger partial charge >= 0.3 is 0 Å². The Morgan fingerprint density at radius 3 is 2.10 bits per heavy atom. The molecule has 9 heteroatoms. The average Bonchev–Trinajstić information content (AvgIpc) is 2.73. The van der Waals surface area contributed by atoms with Crippen molar-refractivity contribution in [3.63, 3.8) is 0 Å². The van der Waals surface area contributed by atoms with Gasteiger partial charge in [-0.1, -0.05) is 0 Å². The molecule has 0 saturated carbocycles. The quantitative estimate of drug-likeness (QED) is 0.786. The molecule has 3 rings (SSSR count). The Balaban J connectivity index is 1.63. The zero-order chi connectivity index (χ0) is 21.2. The molecule has 1 fully saturated rings. The van der Waals surface area contributed by atoms with Crippen molar-refractivity contribution in [2.24, 2.45) is 5.73 Å². The zero-order valence-corrected chi connectivity index (χ0v) is 17.2. The molecule has 1 aliphatic heterocycles. The number of rotatable bonds is 5. The van der Waals surface area contributed by atoms with Gasteiger partial charge < -0.3 is 15.5 Å². The maximum atomic E-state index is 12.6. The lowest BCUT2D eigenvalue weighted by Gasteiger charge is -2.36. The summed E-state index contributed by atoms with van der Waals surface area (Å²) in [6, 6.07) is 9.86. The molecule has 2 N–H and O–H groups in total. The number of pyridine rings is 1. The normalized spacial score (nSPS) is 14.9. The number of nitrogens with zero attached hydrogens (tertiary/aromatic N) is 3. The van der Waals surface area contributed by atoms with E-state index in [0.717, 1.165) is 5.69 Å². The number of piperazine rings is 1. The molecule has 1 aromatic carbocycles. The topological polar surface area (TPSA) is 114 Å². The number of sulfone groups is 1. The van der Waals surface area contributed by atoms with Crippen LogP contribution in [0, 0.1) is 0 Å². The van der Waals surface area contributed by atoms with Crippen molar-refractivity contribution in [2.45, 2.75) is 24.0 Å². The monoisotopic (exact) mass is 416 g/mol. The molecular weight excluding hydrogens is 392 g/mol. The fourth-order valence-corrected chi connectivity index (χ4v) is 4.17. The number of carbonyl (C=O) groups excluding carboxylic acids is 2. The second kappa shape index (κ2) is 8.20. The highest BCUT2D eigenvalue weighted by Crippen LogP contribution is 2.22. The summed E-state index contributed by atoms with van der Waals surface area (Å²) in [6.07, 6.45) is 1.30. The Morgan fingerprint density at radius 2 is 1.62 bits per heavy atom. The van der Waals surface area contributed by atoms with Crippen molar-refractivity contribution < 1.29 is 18.0 Å². The highest BCUT2D eigenvalue weighted by molar-refractivity contribution is 7.92. The second-order valence-corrected chi connectivity index (χ2v) is 9.67. The molecular formula is C20H24N4O4S. The van der Waals surface area contributed by atoms with E-state index in [-0.39, 0.29) is 17.2 Å². The number of anilines is 1. The maximum absolute atomic E-state index is 12.6. The van der Waals surface area contributed by atoms with Gasteiger partial charge in [0, 0.05) is 38.1 Å². The van der Waals surface area contributed by atoms with Crippen LogP contribution in [0.5, 0.6) is 0 Å². The lowest BCUT2D eigenvalue weighted by atomic mass is 10.2. The van der Waals surface area contributed by atoms with Crippen molar-refractivity contribution in [3.8, 4) is 0 Å². The van der Waals surface area contributed by atoms with Gasteiger partial charge in [0.25, 0.3) is 5.91 Å². The number of hydrogen-bond donors (Lipinski definition) is 1. The number of nitrogens with two attached hydrogens (primary N) is 1. The van der Waals surface area contributed by atoms with Gasteiger partial charge in [0.15, 0.2) is 9.84 Å². The van der Waals surface area contributed by atoms with Gasteiger partial charge in [-0.05, 0) is 50.2 Å². The Labute approximate surface area is 170 Å². The summed E-state index contributed by atoms with van der Waals surface area (Å²) >= 11 is 0. The predicted octanol–water partition coefficient (Wildman–Crippen LogP) is 1.32. The van der Waals surface area contributed by atoms with Crippen LogP contribution in [0.25, 0.3) is 0 Å². The van der Waals surface area contributed by atoms with Crippen molar-refractivity contribution in [2.75, 3.05) is 31.1 Å². The first-order valence-electron chi connectivity index (χ1n) is 9.34. The molecule has 2 amide bonds. The van der Waals surface area contributed by atoms with Crippen LogP contribution in [0.4, 0.5) is 5.69 Å². The van der Waals surface area contributed by atoms with Crippen molar-refractivity contribution in [1.82, 2.24) is 9.88 Å². The summed E-state index contributed by atoms with van der Waals surface area (Å²) in [5.74, 6) is -0.781. The summed E-state index contributed by atoms with van der Waals surface area (Å²) in [7, 11) is -3.29. The Kier molecular flexibility index (Phi) is 5.88. The molecule has 0 aliphatic carbocycles. The number of benzene rings is 1. The van der Waals surface area contributed by atoms with E-state index in [9.17, 15) is 18.0 Å². The van der Waals surface area contributed by atoms with Crippen LogP contribution in [-0.2, 0) is 9.84 Å². The Morgan fingerprint density at radius 1 is 1.00 bits per heavy atom. The van der Waals surface area contributed by atoms with Gasteiger partial charge in [0.2, 0.25) is 5.91 Å².